The molecular formula is C19H22N2O3S. The minimum atomic E-state index is -0.550. The maximum atomic E-state index is 12.1. The van der Waals surface area contributed by atoms with Crippen LogP contribution < -0.4 is 5.32 Å². The van der Waals surface area contributed by atoms with Crippen molar-refractivity contribution in [3.8, 4) is 0 Å². The van der Waals surface area contributed by atoms with Crippen molar-refractivity contribution in [3.63, 3.8) is 0 Å². The first-order valence-electron chi connectivity index (χ1n) is 7.95. The number of amides is 1. The molecule has 0 fully saturated rings. The predicted molar refractivity (Wildman–Crippen MR) is 98.8 cm³/mol. The van der Waals surface area contributed by atoms with E-state index in [1.807, 2.05) is 45.2 Å². The predicted octanol–water partition coefficient (Wildman–Crippen LogP) is 3.45. The maximum absolute atomic E-state index is 12.1. The molecule has 6 heteroatoms. The number of nitrogens with zero attached hydrogens (tertiary/aromatic N) is 1. The SMILES string of the molecule is CSc1ncccc1C(=O)OCC(=O)N[C@H](C)c1ccc(C)c(C)c1. The van der Waals surface area contributed by atoms with Crippen LogP contribution in [-0.4, -0.2) is 29.7 Å². The molecule has 1 aromatic carbocycles. The number of aryl methyl sites for hydroxylation is 2. The molecule has 0 spiro atoms. The second-order valence-corrected chi connectivity index (χ2v) is 6.56. The summed E-state index contributed by atoms with van der Waals surface area (Å²) >= 11 is 1.36. The van der Waals surface area contributed by atoms with Crippen LogP contribution in [-0.2, 0) is 9.53 Å². The van der Waals surface area contributed by atoms with Gasteiger partial charge in [-0.15, -0.1) is 11.8 Å². The first kappa shape index (κ1) is 19.0. The van der Waals surface area contributed by atoms with Gasteiger partial charge < -0.3 is 10.1 Å². The highest BCUT2D eigenvalue weighted by Crippen LogP contribution is 2.18. The van der Waals surface area contributed by atoms with Crippen molar-refractivity contribution in [2.24, 2.45) is 0 Å². The van der Waals surface area contributed by atoms with Crippen LogP contribution in [0.4, 0.5) is 0 Å². The smallest absolute Gasteiger partial charge is 0.341 e. The number of pyridine rings is 1. The van der Waals surface area contributed by atoms with Gasteiger partial charge in [-0.1, -0.05) is 18.2 Å². The van der Waals surface area contributed by atoms with Gasteiger partial charge >= 0.3 is 5.97 Å². The van der Waals surface area contributed by atoms with Crippen molar-refractivity contribution in [3.05, 3.63) is 58.8 Å². The fraction of sp³-hybridized carbons (Fsp3) is 0.316. The molecule has 0 aliphatic heterocycles. The van der Waals surface area contributed by atoms with Gasteiger partial charge in [0.2, 0.25) is 0 Å². The van der Waals surface area contributed by atoms with Crippen molar-refractivity contribution in [1.82, 2.24) is 10.3 Å². The lowest BCUT2D eigenvalue weighted by molar-refractivity contribution is -0.124. The van der Waals surface area contributed by atoms with Crippen molar-refractivity contribution < 1.29 is 14.3 Å². The van der Waals surface area contributed by atoms with Crippen LogP contribution in [0.5, 0.6) is 0 Å². The Hall–Kier alpha value is -2.34. The number of ether oxygens (including phenoxy) is 1. The van der Waals surface area contributed by atoms with E-state index in [0.717, 1.165) is 5.56 Å². The molecule has 0 unspecified atom stereocenters. The molecule has 0 aliphatic rings. The molecule has 0 bridgehead atoms. The van der Waals surface area contributed by atoms with Gasteiger partial charge in [0.25, 0.3) is 5.91 Å². The lowest BCUT2D eigenvalue weighted by Gasteiger charge is -2.16. The van der Waals surface area contributed by atoms with E-state index in [1.165, 1.54) is 22.9 Å². The molecule has 132 valence electrons. The molecule has 5 nitrogen and oxygen atoms in total. The van der Waals surface area contributed by atoms with Crippen LogP contribution in [0.2, 0.25) is 0 Å². The average molecular weight is 358 g/mol. The first-order valence-corrected chi connectivity index (χ1v) is 9.17. The Morgan fingerprint density at radius 3 is 2.68 bits per heavy atom. The molecule has 1 atom stereocenters. The van der Waals surface area contributed by atoms with Crippen LogP contribution in [0.25, 0.3) is 0 Å². The van der Waals surface area contributed by atoms with E-state index in [0.29, 0.717) is 10.6 Å². The number of carbonyl (C=O) groups excluding carboxylic acids is 2. The average Bonchev–Trinajstić information content (AvgIpc) is 2.61. The molecule has 0 aliphatic carbocycles. The summed E-state index contributed by atoms with van der Waals surface area (Å²) in [6.07, 6.45) is 3.44. The van der Waals surface area contributed by atoms with Gasteiger partial charge in [0.05, 0.1) is 11.6 Å². The number of esters is 1. The molecular weight excluding hydrogens is 336 g/mol. The Bertz CT molecular complexity index is 777. The van der Waals surface area contributed by atoms with E-state index < -0.39 is 5.97 Å². The zero-order valence-corrected chi connectivity index (χ0v) is 15.6. The number of thioether (sulfide) groups is 1. The molecule has 1 amide bonds. The second kappa shape index (κ2) is 8.67. The Morgan fingerprint density at radius 1 is 1.24 bits per heavy atom. The number of hydrogen-bond donors (Lipinski definition) is 1. The summed E-state index contributed by atoms with van der Waals surface area (Å²) in [5.41, 5.74) is 3.76. The lowest BCUT2D eigenvalue weighted by atomic mass is 10.0. The zero-order chi connectivity index (χ0) is 18.4. The van der Waals surface area contributed by atoms with Crippen LogP contribution in [0.1, 0.15) is 40.0 Å². The van der Waals surface area contributed by atoms with Crippen LogP contribution in [0, 0.1) is 13.8 Å². The van der Waals surface area contributed by atoms with Gasteiger partial charge in [-0.2, -0.15) is 0 Å². The minimum absolute atomic E-state index is 0.161. The number of rotatable bonds is 6. The molecule has 0 saturated heterocycles. The summed E-state index contributed by atoms with van der Waals surface area (Å²) in [4.78, 5) is 28.3. The molecule has 2 rings (SSSR count). The molecule has 1 aromatic heterocycles. The quantitative estimate of drug-likeness (QED) is 0.633. The normalized spacial score (nSPS) is 11.7. The largest absolute Gasteiger partial charge is 0.452 e. The van der Waals surface area contributed by atoms with E-state index in [9.17, 15) is 9.59 Å². The summed E-state index contributed by atoms with van der Waals surface area (Å²) in [7, 11) is 0. The highest BCUT2D eigenvalue weighted by Gasteiger charge is 2.16. The first-order chi connectivity index (χ1) is 11.9. The highest BCUT2D eigenvalue weighted by molar-refractivity contribution is 7.98. The summed E-state index contributed by atoms with van der Waals surface area (Å²) in [6.45, 7) is 5.66. The molecule has 25 heavy (non-hydrogen) atoms. The molecule has 1 N–H and O–H groups in total. The van der Waals surface area contributed by atoms with E-state index in [4.69, 9.17) is 4.74 Å². The van der Waals surface area contributed by atoms with Crippen LogP contribution in [0.15, 0.2) is 41.6 Å². The van der Waals surface area contributed by atoms with Gasteiger partial charge in [-0.3, -0.25) is 4.79 Å². The van der Waals surface area contributed by atoms with E-state index in [1.54, 1.807) is 18.3 Å². The lowest BCUT2D eigenvalue weighted by Crippen LogP contribution is -2.31. The van der Waals surface area contributed by atoms with Gasteiger partial charge in [-0.25, -0.2) is 9.78 Å². The van der Waals surface area contributed by atoms with Gasteiger partial charge in [-0.05, 0) is 55.9 Å². The van der Waals surface area contributed by atoms with E-state index >= 15 is 0 Å². The van der Waals surface area contributed by atoms with E-state index in [-0.39, 0.29) is 18.6 Å². The number of nitrogens with one attached hydrogen (secondary N) is 1. The zero-order valence-electron chi connectivity index (χ0n) is 14.8. The Balaban J connectivity index is 1.91. The summed E-state index contributed by atoms with van der Waals surface area (Å²) in [5.74, 6) is -0.889. The summed E-state index contributed by atoms with van der Waals surface area (Å²) < 4.78 is 5.11. The van der Waals surface area contributed by atoms with Gasteiger partial charge in [0.15, 0.2) is 6.61 Å². The minimum Gasteiger partial charge on any atom is -0.452 e. The fourth-order valence-corrected chi connectivity index (χ4v) is 2.86. The van der Waals surface area contributed by atoms with Crippen molar-refractivity contribution in [2.45, 2.75) is 31.8 Å². The van der Waals surface area contributed by atoms with Crippen molar-refractivity contribution in [1.29, 1.82) is 0 Å². The van der Waals surface area contributed by atoms with Crippen molar-refractivity contribution in [2.75, 3.05) is 12.9 Å². The molecule has 0 saturated carbocycles. The number of aromatic nitrogens is 1. The van der Waals surface area contributed by atoms with Crippen LogP contribution in [0.3, 0.4) is 0 Å². The maximum Gasteiger partial charge on any atom is 0.341 e. The third-order valence-electron chi connectivity index (χ3n) is 3.93. The monoisotopic (exact) mass is 358 g/mol. The third kappa shape index (κ3) is 5.06. The Morgan fingerprint density at radius 2 is 2.00 bits per heavy atom. The van der Waals surface area contributed by atoms with Gasteiger partial charge in [0.1, 0.15) is 5.03 Å². The van der Waals surface area contributed by atoms with Crippen molar-refractivity contribution >= 4 is 23.6 Å². The van der Waals surface area contributed by atoms with Gasteiger partial charge in [0, 0.05) is 6.20 Å². The number of carbonyl (C=O) groups is 2. The highest BCUT2D eigenvalue weighted by atomic mass is 32.2. The Labute approximate surface area is 152 Å². The third-order valence-corrected chi connectivity index (χ3v) is 4.64. The summed E-state index contributed by atoms with van der Waals surface area (Å²) in [5, 5.41) is 3.42. The fourth-order valence-electron chi connectivity index (χ4n) is 2.32. The van der Waals surface area contributed by atoms with E-state index in [2.05, 4.69) is 10.3 Å². The topological polar surface area (TPSA) is 68.3 Å². The van der Waals surface area contributed by atoms with Crippen LogP contribution >= 0.6 is 11.8 Å². The second-order valence-electron chi connectivity index (χ2n) is 5.77. The molecule has 2 aromatic rings. The Kier molecular flexibility index (Phi) is 6.58. The molecule has 1 heterocycles. The number of hydrogen-bond acceptors (Lipinski definition) is 5. The standard InChI is InChI=1S/C19H22N2O3S/c1-12-7-8-15(10-13(12)2)14(3)21-17(22)11-24-19(23)16-6-5-9-20-18(16)25-4/h5-10,14H,11H2,1-4H3,(H,21,22)/t14-/m1/s1. The molecule has 0 radical (unpaired) electrons. The summed E-state index contributed by atoms with van der Waals surface area (Å²) in [6, 6.07) is 9.20. The number of benzene rings is 1.